The highest BCUT2D eigenvalue weighted by Crippen LogP contribution is 2.25. The Morgan fingerprint density at radius 3 is 2.94 bits per heavy atom. The molecule has 0 aliphatic heterocycles. The van der Waals surface area contributed by atoms with Crippen LogP contribution in [0, 0.1) is 18.3 Å². The third kappa shape index (κ3) is 2.70. The Labute approximate surface area is 105 Å². The maximum atomic E-state index is 9.78. The molecule has 0 bridgehead atoms. The Kier molecular flexibility index (Phi) is 3.66. The van der Waals surface area contributed by atoms with E-state index in [1.165, 1.54) is 0 Å². The molecule has 0 aliphatic rings. The summed E-state index contributed by atoms with van der Waals surface area (Å²) < 4.78 is 5.18. The molecule has 4 nitrogen and oxygen atoms in total. The number of nitriles is 1. The van der Waals surface area contributed by atoms with Crippen molar-refractivity contribution >= 4 is 0 Å². The van der Waals surface area contributed by atoms with E-state index in [4.69, 9.17) is 9.68 Å². The van der Waals surface area contributed by atoms with Gasteiger partial charge in [0.1, 0.15) is 17.6 Å². The summed E-state index contributed by atoms with van der Waals surface area (Å²) in [5.41, 5.74) is 1.59. The lowest BCUT2D eigenvalue weighted by Crippen LogP contribution is -2.19. The SMILES string of the molecule is Cc1ccc(O)c(C(C#N)NCc2ccco2)c1. The fourth-order valence-corrected chi connectivity index (χ4v) is 1.75. The summed E-state index contributed by atoms with van der Waals surface area (Å²) in [6.45, 7) is 2.36. The van der Waals surface area contributed by atoms with Gasteiger partial charge in [-0.3, -0.25) is 5.32 Å². The first kappa shape index (κ1) is 12.2. The monoisotopic (exact) mass is 242 g/mol. The number of aromatic hydroxyl groups is 1. The van der Waals surface area contributed by atoms with Gasteiger partial charge in [0, 0.05) is 5.56 Å². The lowest BCUT2D eigenvalue weighted by Gasteiger charge is -2.13. The van der Waals surface area contributed by atoms with E-state index in [2.05, 4.69) is 11.4 Å². The Morgan fingerprint density at radius 2 is 2.28 bits per heavy atom. The van der Waals surface area contributed by atoms with E-state index in [1.807, 2.05) is 13.0 Å². The van der Waals surface area contributed by atoms with Gasteiger partial charge in [-0.05, 0) is 31.2 Å². The molecule has 0 fully saturated rings. The molecule has 92 valence electrons. The van der Waals surface area contributed by atoms with Gasteiger partial charge in [0.2, 0.25) is 0 Å². The molecule has 1 unspecified atom stereocenters. The van der Waals surface area contributed by atoms with Crippen molar-refractivity contribution < 1.29 is 9.52 Å². The zero-order valence-electron chi connectivity index (χ0n) is 10.1. The maximum Gasteiger partial charge on any atom is 0.125 e. The van der Waals surface area contributed by atoms with Crippen molar-refractivity contribution in [3.63, 3.8) is 0 Å². The van der Waals surface area contributed by atoms with Crippen molar-refractivity contribution in [2.75, 3.05) is 0 Å². The first-order valence-electron chi connectivity index (χ1n) is 5.65. The smallest absolute Gasteiger partial charge is 0.125 e. The molecule has 1 aromatic heterocycles. The van der Waals surface area contributed by atoms with Crippen LogP contribution in [0.3, 0.4) is 0 Å². The van der Waals surface area contributed by atoms with E-state index in [9.17, 15) is 5.11 Å². The van der Waals surface area contributed by atoms with Crippen LogP contribution >= 0.6 is 0 Å². The van der Waals surface area contributed by atoms with Crippen LogP contribution in [0.15, 0.2) is 41.0 Å². The second-order valence-electron chi connectivity index (χ2n) is 4.08. The lowest BCUT2D eigenvalue weighted by atomic mass is 10.0. The number of hydrogen-bond acceptors (Lipinski definition) is 4. The Balaban J connectivity index is 2.13. The summed E-state index contributed by atoms with van der Waals surface area (Å²) in [5.74, 6) is 0.876. The van der Waals surface area contributed by atoms with Crippen LogP contribution in [0.25, 0.3) is 0 Å². The average molecular weight is 242 g/mol. The molecule has 0 saturated heterocycles. The normalized spacial score (nSPS) is 12.0. The summed E-state index contributed by atoms with van der Waals surface area (Å²) in [7, 11) is 0. The van der Waals surface area contributed by atoms with Gasteiger partial charge in [-0.15, -0.1) is 0 Å². The molecule has 2 N–H and O–H groups in total. The highest BCUT2D eigenvalue weighted by Gasteiger charge is 2.14. The Bertz CT molecular complexity index is 556. The van der Waals surface area contributed by atoms with E-state index in [0.29, 0.717) is 12.1 Å². The summed E-state index contributed by atoms with van der Waals surface area (Å²) in [4.78, 5) is 0. The van der Waals surface area contributed by atoms with Crippen LogP contribution in [-0.4, -0.2) is 5.11 Å². The minimum atomic E-state index is -0.560. The van der Waals surface area contributed by atoms with Gasteiger partial charge in [0.15, 0.2) is 0 Å². The first-order chi connectivity index (χ1) is 8.70. The number of aryl methyl sites for hydroxylation is 1. The van der Waals surface area contributed by atoms with Gasteiger partial charge in [-0.1, -0.05) is 11.6 Å². The summed E-state index contributed by atoms with van der Waals surface area (Å²) >= 11 is 0. The zero-order valence-corrected chi connectivity index (χ0v) is 10.1. The molecule has 1 aromatic carbocycles. The number of furan rings is 1. The molecule has 1 atom stereocenters. The summed E-state index contributed by atoms with van der Waals surface area (Å²) in [6.07, 6.45) is 1.59. The molecule has 18 heavy (non-hydrogen) atoms. The third-order valence-corrected chi connectivity index (χ3v) is 2.68. The molecule has 2 aromatic rings. The van der Waals surface area contributed by atoms with Crippen molar-refractivity contribution in [3.05, 3.63) is 53.5 Å². The second-order valence-corrected chi connectivity index (χ2v) is 4.08. The molecular weight excluding hydrogens is 228 g/mol. The van der Waals surface area contributed by atoms with E-state index in [1.54, 1.807) is 30.5 Å². The predicted molar refractivity (Wildman–Crippen MR) is 66.7 cm³/mol. The minimum absolute atomic E-state index is 0.124. The number of phenolic OH excluding ortho intramolecular Hbond substituents is 1. The number of rotatable bonds is 4. The number of nitrogens with zero attached hydrogens (tertiary/aromatic N) is 1. The van der Waals surface area contributed by atoms with Crippen LogP contribution in [0.2, 0.25) is 0 Å². The number of nitrogens with one attached hydrogen (secondary N) is 1. The van der Waals surface area contributed by atoms with Crippen molar-refractivity contribution in [2.24, 2.45) is 0 Å². The molecule has 0 spiro atoms. The molecule has 0 amide bonds. The van der Waals surface area contributed by atoms with Gasteiger partial charge in [-0.25, -0.2) is 0 Å². The summed E-state index contributed by atoms with van der Waals surface area (Å²) in [6, 6.07) is 10.4. The molecule has 0 radical (unpaired) electrons. The molecular formula is C14H14N2O2. The number of hydrogen-bond donors (Lipinski definition) is 2. The van der Waals surface area contributed by atoms with Crippen molar-refractivity contribution in [1.82, 2.24) is 5.32 Å². The molecule has 0 saturated carbocycles. The highest BCUT2D eigenvalue weighted by molar-refractivity contribution is 5.40. The average Bonchev–Trinajstić information content (AvgIpc) is 2.87. The van der Waals surface area contributed by atoms with Crippen LogP contribution in [0.4, 0.5) is 0 Å². The maximum absolute atomic E-state index is 9.78. The fourth-order valence-electron chi connectivity index (χ4n) is 1.75. The zero-order chi connectivity index (χ0) is 13.0. The predicted octanol–water partition coefficient (Wildman–Crippen LogP) is 2.65. The Morgan fingerprint density at radius 1 is 1.44 bits per heavy atom. The Hall–Kier alpha value is -2.25. The van der Waals surface area contributed by atoms with E-state index in [-0.39, 0.29) is 5.75 Å². The van der Waals surface area contributed by atoms with E-state index < -0.39 is 6.04 Å². The first-order valence-corrected chi connectivity index (χ1v) is 5.65. The van der Waals surface area contributed by atoms with Crippen LogP contribution < -0.4 is 5.32 Å². The van der Waals surface area contributed by atoms with Crippen LogP contribution in [0.5, 0.6) is 5.75 Å². The largest absolute Gasteiger partial charge is 0.508 e. The van der Waals surface area contributed by atoms with Crippen molar-refractivity contribution in [1.29, 1.82) is 5.26 Å². The number of benzene rings is 1. The lowest BCUT2D eigenvalue weighted by molar-refractivity contribution is 0.447. The van der Waals surface area contributed by atoms with Crippen molar-refractivity contribution in [2.45, 2.75) is 19.5 Å². The van der Waals surface area contributed by atoms with Crippen molar-refractivity contribution in [3.8, 4) is 11.8 Å². The summed E-state index contributed by atoms with van der Waals surface area (Å²) in [5, 5.41) is 22.0. The number of phenols is 1. The van der Waals surface area contributed by atoms with Crippen LogP contribution in [0.1, 0.15) is 22.9 Å². The molecule has 4 heteroatoms. The topological polar surface area (TPSA) is 69.2 Å². The van der Waals surface area contributed by atoms with Gasteiger partial charge >= 0.3 is 0 Å². The van der Waals surface area contributed by atoms with Gasteiger partial charge in [0.05, 0.1) is 18.9 Å². The molecule has 0 aliphatic carbocycles. The minimum Gasteiger partial charge on any atom is -0.508 e. The van der Waals surface area contributed by atoms with Gasteiger partial charge in [-0.2, -0.15) is 5.26 Å². The van der Waals surface area contributed by atoms with Crippen LogP contribution in [-0.2, 0) is 6.54 Å². The van der Waals surface area contributed by atoms with E-state index >= 15 is 0 Å². The van der Waals surface area contributed by atoms with Gasteiger partial charge < -0.3 is 9.52 Å². The van der Waals surface area contributed by atoms with E-state index in [0.717, 1.165) is 11.3 Å². The molecule has 1 heterocycles. The molecule has 2 rings (SSSR count). The highest BCUT2D eigenvalue weighted by atomic mass is 16.3. The second kappa shape index (κ2) is 5.39. The standard InChI is InChI=1S/C14H14N2O2/c1-10-4-5-14(17)12(7-10)13(8-15)16-9-11-3-2-6-18-11/h2-7,13,16-17H,9H2,1H3. The quantitative estimate of drug-likeness (QED) is 0.864. The third-order valence-electron chi connectivity index (χ3n) is 2.68. The van der Waals surface area contributed by atoms with Gasteiger partial charge in [0.25, 0.3) is 0 Å². The fraction of sp³-hybridized carbons (Fsp3) is 0.214.